The molecular formula is C17H30IN5O2S. The van der Waals surface area contributed by atoms with Gasteiger partial charge in [-0.2, -0.15) is 0 Å². The maximum atomic E-state index is 11.4. The topological polar surface area (TPSA) is 99.8 Å². The van der Waals surface area contributed by atoms with E-state index in [1.54, 1.807) is 19.2 Å². The van der Waals surface area contributed by atoms with Gasteiger partial charge in [0.05, 0.1) is 4.90 Å². The molecule has 0 radical (unpaired) electrons. The predicted octanol–water partition coefficient (Wildman–Crippen LogP) is 1.49. The third-order valence-corrected chi connectivity index (χ3v) is 5.29. The van der Waals surface area contributed by atoms with Crippen LogP contribution in [0.2, 0.25) is 0 Å². The van der Waals surface area contributed by atoms with E-state index in [0.717, 1.165) is 37.5 Å². The molecule has 4 N–H and O–H groups in total. The molecule has 0 spiro atoms. The van der Waals surface area contributed by atoms with Gasteiger partial charge in [-0.05, 0) is 43.5 Å². The van der Waals surface area contributed by atoms with Gasteiger partial charge in [-0.1, -0.05) is 19.1 Å². The number of rotatable bonds is 6. The molecule has 1 aliphatic rings. The smallest absolute Gasteiger partial charge is 0.238 e. The van der Waals surface area contributed by atoms with Crippen molar-refractivity contribution in [2.45, 2.75) is 43.7 Å². The molecule has 0 amide bonds. The third-order valence-electron chi connectivity index (χ3n) is 4.38. The van der Waals surface area contributed by atoms with Crippen LogP contribution >= 0.6 is 24.0 Å². The Balaban J connectivity index is 0.00000338. The first-order valence-electron chi connectivity index (χ1n) is 8.73. The van der Waals surface area contributed by atoms with Gasteiger partial charge in [0.2, 0.25) is 10.0 Å². The summed E-state index contributed by atoms with van der Waals surface area (Å²) in [4.78, 5) is 6.88. The summed E-state index contributed by atoms with van der Waals surface area (Å²) in [7, 11) is -1.94. The second-order valence-electron chi connectivity index (χ2n) is 6.38. The molecule has 0 unspecified atom stereocenters. The van der Waals surface area contributed by atoms with Crippen molar-refractivity contribution in [3.63, 3.8) is 0 Å². The molecule has 1 aromatic carbocycles. The van der Waals surface area contributed by atoms with Crippen LogP contribution in [0.3, 0.4) is 0 Å². The van der Waals surface area contributed by atoms with Crippen LogP contribution < -0.4 is 15.8 Å². The number of guanidine groups is 1. The SMILES string of the molecule is CCCN1CCC(NC(=NC)NCc2cccc(S(N)(=O)=O)c2)CC1.I. The molecule has 26 heavy (non-hydrogen) atoms. The molecule has 1 saturated heterocycles. The van der Waals surface area contributed by atoms with Gasteiger partial charge >= 0.3 is 0 Å². The number of aliphatic imine (C=N–C) groups is 1. The zero-order chi connectivity index (χ0) is 18.3. The fraction of sp³-hybridized carbons (Fsp3) is 0.588. The number of likely N-dealkylation sites (tertiary alicyclic amines) is 1. The highest BCUT2D eigenvalue weighted by atomic mass is 127. The molecule has 7 nitrogen and oxygen atoms in total. The number of primary sulfonamides is 1. The van der Waals surface area contributed by atoms with Crippen molar-refractivity contribution in [2.75, 3.05) is 26.7 Å². The van der Waals surface area contributed by atoms with Crippen molar-refractivity contribution in [1.82, 2.24) is 15.5 Å². The Morgan fingerprint density at radius 1 is 1.35 bits per heavy atom. The van der Waals surface area contributed by atoms with E-state index in [9.17, 15) is 8.42 Å². The van der Waals surface area contributed by atoms with Gasteiger partial charge in [-0.15, -0.1) is 24.0 Å². The summed E-state index contributed by atoms with van der Waals surface area (Å²) in [5, 5.41) is 11.9. The fourth-order valence-electron chi connectivity index (χ4n) is 3.02. The zero-order valence-electron chi connectivity index (χ0n) is 15.4. The normalized spacial score (nSPS) is 16.8. The molecule has 2 rings (SSSR count). The number of piperidine rings is 1. The molecule has 0 aliphatic carbocycles. The zero-order valence-corrected chi connectivity index (χ0v) is 18.6. The molecule has 0 bridgehead atoms. The van der Waals surface area contributed by atoms with Gasteiger partial charge in [-0.25, -0.2) is 13.6 Å². The van der Waals surface area contributed by atoms with E-state index in [0.29, 0.717) is 12.6 Å². The lowest BCUT2D eigenvalue weighted by molar-refractivity contribution is 0.206. The van der Waals surface area contributed by atoms with Gasteiger partial charge in [0.25, 0.3) is 0 Å². The van der Waals surface area contributed by atoms with E-state index in [1.165, 1.54) is 19.0 Å². The molecular weight excluding hydrogens is 465 g/mol. The lowest BCUT2D eigenvalue weighted by Gasteiger charge is -2.32. The molecule has 9 heteroatoms. The summed E-state index contributed by atoms with van der Waals surface area (Å²) in [6.07, 6.45) is 3.39. The summed E-state index contributed by atoms with van der Waals surface area (Å²) in [6, 6.07) is 7.04. The fourth-order valence-corrected chi connectivity index (χ4v) is 3.61. The second-order valence-corrected chi connectivity index (χ2v) is 7.94. The van der Waals surface area contributed by atoms with E-state index in [1.807, 2.05) is 6.07 Å². The Bertz CT molecular complexity index is 688. The van der Waals surface area contributed by atoms with Crippen LogP contribution in [0.15, 0.2) is 34.2 Å². The summed E-state index contributed by atoms with van der Waals surface area (Å²) in [5.41, 5.74) is 0.840. The monoisotopic (exact) mass is 495 g/mol. The average Bonchev–Trinajstić information content (AvgIpc) is 2.60. The first-order valence-corrected chi connectivity index (χ1v) is 10.3. The molecule has 148 valence electrons. The lowest BCUT2D eigenvalue weighted by Crippen LogP contribution is -2.48. The summed E-state index contributed by atoms with van der Waals surface area (Å²) in [6.45, 7) is 6.08. The number of nitrogens with one attached hydrogen (secondary N) is 2. The largest absolute Gasteiger partial charge is 0.354 e. The van der Waals surface area contributed by atoms with Crippen LogP contribution in [0.5, 0.6) is 0 Å². The minimum Gasteiger partial charge on any atom is -0.354 e. The van der Waals surface area contributed by atoms with Crippen molar-refractivity contribution < 1.29 is 8.42 Å². The Morgan fingerprint density at radius 3 is 2.62 bits per heavy atom. The van der Waals surface area contributed by atoms with Crippen LogP contribution in [0, 0.1) is 0 Å². The highest BCUT2D eigenvalue weighted by molar-refractivity contribution is 14.0. The van der Waals surface area contributed by atoms with Crippen molar-refractivity contribution in [3.05, 3.63) is 29.8 Å². The molecule has 1 fully saturated rings. The van der Waals surface area contributed by atoms with Crippen LogP contribution in [0.25, 0.3) is 0 Å². The summed E-state index contributed by atoms with van der Waals surface area (Å²) < 4.78 is 22.9. The van der Waals surface area contributed by atoms with Gasteiger partial charge in [0.1, 0.15) is 0 Å². The van der Waals surface area contributed by atoms with E-state index < -0.39 is 10.0 Å². The molecule has 0 atom stereocenters. The highest BCUT2D eigenvalue weighted by Gasteiger charge is 2.19. The van der Waals surface area contributed by atoms with E-state index in [4.69, 9.17) is 5.14 Å². The van der Waals surface area contributed by atoms with Gasteiger partial charge < -0.3 is 15.5 Å². The van der Waals surface area contributed by atoms with Crippen LogP contribution in [-0.4, -0.2) is 52.0 Å². The van der Waals surface area contributed by atoms with E-state index in [-0.39, 0.29) is 28.9 Å². The predicted molar refractivity (Wildman–Crippen MR) is 116 cm³/mol. The standard InChI is InChI=1S/C17H29N5O2S.HI/c1-3-9-22-10-7-15(8-11-22)21-17(19-2)20-13-14-5-4-6-16(12-14)25(18,23)24;/h4-6,12,15H,3,7-11,13H2,1-2H3,(H2,18,23,24)(H2,19,20,21);1H. The van der Waals surface area contributed by atoms with E-state index in [2.05, 4.69) is 27.4 Å². The quantitative estimate of drug-likeness (QED) is 0.316. The Hall–Kier alpha value is -0.910. The highest BCUT2D eigenvalue weighted by Crippen LogP contribution is 2.11. The number of nitrogens with two attached hydrogens (primary N) is 1. The number of hydrogen-bond donors (Lipinski definition) is 3. The minimum absolute atomic E-state index is 0. The average molecular weight is 495 g/mol. The number of halogens is 1. The Morgan fingerprint density at radius 2 is 2.04 bits per heavy atom. The van der Waals surface area contributed by atoms with Crippen LogP contribution in [-0.2, 0) is 16.6 Å². The van der Waals surface area contributed by atoms with Gasteiger partial charge in [0, 0.05) is 32.7 Å². The van der Waals surface area contributed by atoms with Gasteiger partial charge in [0.15, 0.2) is 5.96 Å². The number of hydrogen-bond acceptors (Lipinski definition) is 4. The van der Waals surface area contributed by atoms with Crippen LogP contribution in [0.1, 0.15) is 31.7 Å². The van der Waals surface area contributed by atoms with Crippen molar-refractivity contribution in [2.24, 2.45) is 10.1 Å². The maximum Gasteiger partial charge on any atom is 0.238 e. The van der Waals surface area contributed by atoms with Crippen molar-refractivity contribution in [3.8, 4) is 0 Å². The van der Waals surface area contributed by atoms with Crippen molar-refractivity contribution in [1.29, 1.82) is 0 Å². The third kappa shape index (κ3) is 7.37. The van der Waals surface area contributed by atoms with Gasteiger partial charge in [-0.3, -0.25) is 4.99 Å². The number of nitrogens with zero attached hydrogens (tertiary/aromatic N) is 2. The maximum absolute atomic E-state index is 11.4. The molecule has 0 saturated carbocycles. The van der Waals surface area contributed by atoms with Crippen LogP contribution in [0.4, 0.5) is 0 Å². The first kappa shape index (κ1) is 23.1. The minimum atomic E-state index is -3.68. The molecule has 1 heterocycles. The summed E-state index contributed by atoms with van der Waals surface area (Å²) in [5.74, 6) is 0.731. The first-order chi connectivity index (χ1) is 11.9. The second kappa shape index (κ2) is 11.1. The summed E-state index contributed by atoms with van der Waals surface area (Å²) >= 11 is 0. The Kier molecular flexibility index (Phi) is 9.83. The lowest BCUT2D eigenvalue weighted by atomic mass is 10.1. The molecule has 1 aliphatic heterocycles. The van der Waals surface area contributed by atoms with E-state index >= 15 is 0 Å². The number of sulfonamides is 1. The molecule has 0 aromatic heterocycles. The Labute approximate surface area is 173 Å². The van der Waals surface area contributed by atoms with Crippen molar-refractivity contribution >= 4 is 40.0 Å². The number of benzene rings is 1. The molecule has 1 aromatic rings.